The van der Waals surface area contributed by atoms with Gasteiger partial charge in [0.15, 0.2) is 27.9 Å². The Balaban J connectivity index is 0.00000231. The summed E-state index contributed by atoms with van der Waals surface area (Å²) in [5.41, 5.74) is -2.99. The number of benzene rings is 3. The molecule has 0 bridgehead atoms. The van der Waals surface area contributed by atoms with Gasteiger partial charge in [-0.05, 0) is 144 Å². The third-order valence-electron chi connectivity index (χ3n) is 5.89. The second-order valence-corrected chi connectivity index (χ2v) is 20.8. The smallest absolute Gasteiger partial charge is 0.250 e. The van der Waals surface area contributed by atoms with Gasteiger partial charge in [-0.25, -0.2) is 0 Å². The molecule has 0 atom stereocenters. The molecule has 9 heteroatoms. The molecule has 0 aliphatic heterocycles. The van der Waals surface area contributed by atoms with E-state index >= 15 is 0 Å². The molecule has 0 saturated heterocycles. The number of carbonyl (C=O) groups is 1. The lowest BCUT2D eigenvalue weighted by Crippen LogP contribution is -2.29. The average molecular weight is 755 g/mol. The van der Waals surface area contributed by atoms with Gasteiger partial charge in [-0.2, -0.15) is 0 Å². The maximum atomic E-state index is 8.89. The van der Waals surface area contributed by atoms with Gasteiger partial charge in [0.2, 0.25) is 0 Å². The van der Waals surface area contributed by atoms with Gasteiger partial charge in [0.05, 0.1) is 0 Å². The van der Waals surface area contributed by atoms with E-state index in [-0.39, 0.29) is 0 Å². The Morgan fingerprint density at radius 2 is 0.679 bits per heavy atom. The lowest BCUT2D eigenvalue weighted by molar-refractivity contribution is -0.302. The summed E-state index contributed by atoms with van der Waals surface area (Å²) in [6.07, 6.45) is 0. The van der Waals surface area contributed by atoms with E-state index in [1.807, 2.05) is 71.9 Å². The van der Waals surface area contributed by atoms with Crippen molar-refractivity contribution in [1.82, 2.24) is 0 Å². The lowest BCUT2D eigenvalue weighted by atomic mass is 10.1. The molecule has 3 aromatic carbocycles. The number of carboxylic acids is 1. The molecular weight excluding hydrogens is 689 g/mol. The van der Waals surface area contributed by atoms with Crippen LogP contribution in [-0.2, 0) is 15.7 Å². The molecule has 0 unspecified atom stereocenters. The first-order valence-corrected chi connectivity index (χ1v) is 19.4. The van der Waals surface area contributed by atoms with Crippen LogP contribution in [0.15, 0.2) is 69.3 Å². The second-order valence-electron chi connectivity index (χ2n) is 18.9. The Morgan fingerprint density at radius 1 is 0.453 bits per heavy atom. The van der Waals surface area contributed by atoms with Crippen molar-refractivity contribution in [2.24, 2.45) is 0 Å². The number of hydrogen-bond donors (Lipinski definition) is 0. The van der Waals surface area contributed by atoms with Crippen LogP contribution in [0, 0.1) is 0 Å². The molecule has 3 rings (SSSR count). The molecule has 0 spiro atoms. The minimum Gasteiger partial charge on any atom is -0.550 e. The summed E-state index contributed by atoms with van der Waals surface area (Å²) < 4.78 is 40.5. The number of carboxylic acid groups (broad SMARTS) is 1. The third kappa shape index (κ3) is 16.9. The van der Waals surface area contributed by atoms with Gasteiger partial charge in [0.1, 0.15) is 56.0 Å². The summed E-state index contributed by atoms with van der Waals surface area (Å²) in [4.78, 5) is 11.7. The van der Waals surface area contributed by atoms with Gasteiger partial charge in [-0.1, -0.05) is 18.2 Å². The molecule has 0 heterocycles. The molecule has 0 aromatic heterocycles. The van der Waals surface area contributed by atoms with Gasteiger partial charge in [-0.15, -0.1) is 0 Å². The molecule has 8 nitrogen and oxygen atoms in total. The predicted octanol–water partition coefficient (Wildman–Crippen LogP) is 10.6. The van der Waals surface area contributed by atoms with Crippen molar-refractivity contribution in [3.8, 4) is 34.5 Å². The Labute approximate surface area is 323 Å². The number of ether oxygens (including phenoxy) is 6. The molecule has 53 heavy (non-hydrogen) atoms. The zero-order valence-electron chi connectivity index (χ0n) is 35.9. The van der Waals surface area contributed by atoms with Crippen molar-refractivity contribution >= 4 is 16.9 Å². The van der Waals surface area contributed by atoms with Crippen molar-refractivity contribution in [2.75, 3.05) is 0 Å². The minimum atomic E-state index is -1.08. The quantitative estimate of drug-likeness (QED) is 0.199. The Kier molecular flexibility index (Phi) is 14.4. The SMILES string of the molecule is CC(=O)[O-].CC(C)(C)Oc1cc(OC(C)(C)C)c([S+](c2ccccc2)c2c(OC(C)(C)C)cc(OC(C)(C)C)cc2OC(C)(C)C)c(OC(C)(C)C)c1. The van der Waals surface area contributed by atoms with E-state index in [1.165, 1.54) is 0 Å². The standard InChI is InChI=1S/C42H63O6S.C2H4O2/c1-37(2,3)43-28-24-31(45-39(7,8)9)35(32(25-28)46-40(10,11)12)49(30-22-20-19-21-23-30)36-33(47-41(13,14)15)26-29(44-38(4,5)6)27-34(36)48-42(16,17)18;1-2(3)4/h19-27H,1-18H3;1H3,(H,3,4)/q+1;/p-1. The van der Waals surface area contributed by atoms with Crippen LogP contribution in [0.5, 0.6) is 34.5 Å². The molecule has 0 fully saturated rings. The van der Waals surface area contributed by atoms with Crippen LogP contribution in [-0.4, -0.2) is 39.6 Å². The Morgan fingerprint density at radius 3 is 0.887 bits per heavy atom. The maximum Gasteiger partial charge on any atom is 0.250 e. The van der Waals surface area contributed by atoms with E-state index < -0.39 is 50.5 Å². The van der Waals surface area contributed by atoms with E-state index in [2.05, 4.69) is 107 Å². The predicted molar refractivity (Wildman–Crippen MR) is 214 cm³/mol. The van der Waals surface area contributed by atoms with Crippen LogP contribution in [0.2, 0.25) is 0 Å². The molecule has 3 aromatic rings. The molecule has 0 aliphatic rings. The van der Waals surface area contributed by atoms with Crippen molar-refractivity contribution < 1.29 is 38.3 Å². The van der Waals surface area contributed by atoms with E-state index in [4.69, 9.17) is 38.3 Å². The van der Waals surface area contributed by atoms with Crippen LogP contribution in [0.25, 0.3) is 0 Å². The van der Waals surface area contributed by atoms with Gasteiger partial charge in [0.25, 0.3) is 9.79 Å². The number of hydrogen-bond acceptors (Lipinski definition) is 8. The van der Waals surface area contributed by atoms with Crippen molar-refractivity contribution in [2.45, 2.75) is 180 Å². The summed E-state index contributed by atoms with van der Waals surface area (Å²) >= 11 is 0. The first kappa shape index (κ1) is 45.4. The van der Waals surface area contributed by atoms with E-state index in [1.54, 1.807) is 0 Å². The van der Waals surface area contributed by atoms with Crippen LogP contribution >= 0.6 is 0 Å². The Bertz CT molecular complexity index is 1480. The highest BCUT2D eigenvalue weighted by atomic mass is 32.2. The van der Waals surface area contributed by atoms with Gasteiger partial charge in [-0.3, -0.25) is 0 Å². The number of carbonyl (C=O) groups excluding carboxylic acids is 1. The van der Waals surface area contributed by atoms with Crippen LogP contribution in [0.1, 0.15) is 132 Å². The van der Waals surface area contributed by atoms with Crippen molar-refractivity contribution in [3.63, 3.8) is 0 Å². The molecule has 296 valence electrons. The van der Waals surface area contributed by atoms with Crippen molar-refractivity contribution in [1.29, 1.82) is 0 Å². The summed E-state index contributed by atoms with van der Waals surface area (Å²) in [6, 6.07) is 18.4. The normalized spacial score (nSPS) is 12.8. The first-order valence-electron chi connectivity index (χ1n) is 18.2. The van der Waals surface area contributed by atoms with Crippen LogP contribution in [0.3, 0.4) is 0 Å². The summed E-state index contributed by atoms with van der Waals surface area (Å²) in [5.74, 6) is 2.91. The third-order valence-corrected chi connectivity index (χ3v) is 8.25. The molecular formula is C44H66O8S. The summed E-state index contributed by atoms with van der Waals surface area (Å²) in [6.45, 7) is 37.9. The van der Waals surface area contributed by atoms with Crippen molar-refractivity contribution in [3.05, 3.63) is 54.6 Å². The van der Waals surface area contributed by atoms with E-state index in [9.17, 15) is 0 Å². The molecule has 0 radical (unpaired) electrons. The highest BCUT2D eigenvalue weighted by Crippen LogP contribution is 2.53. The van der Waals surface area contributed by atoms with Gasteiger partial charge >= 0.3 is 0 Å². The fourth-order valence-corrected chi connectivity index (χ4v) is 7.16. The largest absolute Gasteiger partial charge is 0.550 e. The lowest BCUT2D eigenvalue weighted by Gasteiger charge is -2.31. The minimum absolute atomic E-state index is 0.440. The number of rotatable bonds is 9. The summed E-state index contributed by atoms with van der Waals surface area (Å²) in [5, 5.41) is 8.89. The summed E-state index contributed by atoms with van der Waals surface area (Å²) in [7, 11) is -0.874. The molecule has 0 aliphatic carbocycles. The van der Waals surface area contributed by atoms with Gasteiger partial charge in [0, 0.05) is 30.2 Å². The van der Waals surface area contributed by atoms with Crippen LogP contribution < -0.4 is 33.5 Å². The van der Waals surface area contributed by atoms with E-state index in [0.717, 1.165) is 21.6 Å². The highest BCUT2D eigenvalue weighted by Gasteiger charge is 2.45. The molecule has 0 N–H and O–H groups in total. The molecule has 0 saturated carbocycles. The first-order chi connectivity index (χ1) is 23.7. The van der Waals surface area contributed by atoms with Gasteiger partial charge < -0.3 is 38.3 Å². The topological polar surface area (TPSA) is 95.5 Å². The maximum absolute atomic E-state index is 8.89. The van der Waals surface area contributed by atoms with E-state index in [0.29, 0.717) is 34.5 Å². The zero-order valence-corrected chi connectivity index (χ0v) is 36.7. The van der Waals surface area contributed by atoms with Crippen LogP contribution in [0.4, 0.5) is 0 Å². The fourth-order valence-electron chi connectivity index (χ4n) is 4.85. The fraction of sp³-hybridized carbons (Fsp3) is 0.568. The highest BCUT2D eigenvalue weighted by molar-refractivity contribution is 7.97. The monoisotopic (exact) mass is 754 g/mol. The second kappa shape index (κ2) is 16.7. The zero-order chi connectivity index (χ0) is 41.0. The number of aliphatic carboxylic acids is 1. The average Bonchev–Trinajstić information content (AvgIpc) is 2.86. The Hall–Kier alpha value is -3.72. The molecule has 0 amide bonds.